The molecule has 11 heavy (non-hydrogen) atoms. The van der Waals surface area contributed by atoms with Crippen LogP contribution in [-0.2, 0) is 0 Å². The number of hydrogen-bond acceptors (Lipinski definition) is 4. The molecular formula is C5H8N2S4. The smallest absolute Gasteiger partial charge is 0.149 e. The summed E-state index contributed by atoms with van der Waals surface area (Å²) >= 11 is 9.54. The quantitative estimate of drug-likeness (QED) is 0.524. The number of thiocarbonyl (C=S) groups is 2. The van der Waals surface area contributed by atoms with Crippen molar-refractivity contribution >= 4 is 54.7 Å². The van der Waals surface area contributed by atoms with E-state index in [0.717, 1.165) is 5.70 Å². The maximum Gasteiger partial charge on any atom is 0.149 e. The van der Waals surface area contributed by atoms with E-state index < -0.39 is 0 Å². The first-order valence-corrected chi connectivity index (χ1v) is 5.59. The zero-order valence-corrected chi connectivity index (χ0v) is 9.18. The summed E-state index contributed by atoms with van der Waals surface area (Å²) in [5.74, 6) is 0. The minimum Gasteiger partial charge on any atom is -0.384 e. The van der Waals surface area contributed by atoms with Crippen molar-refractivity contribution in [3.63, 3.8) is 0 Å². The second-order valence-electron chi connectivity index (χ2n) is 1.68. The van der Waals surface area contributed by atoms with Gasteiger partial charge in [-0.3, -0.25) is 0 Å². The Balaban J connectivity index is 3.53. The summed E-state index contributed by atoms with van der Waals surface area (Å²) in [7, 11) is 2.59. The molecule has 0 spiro atoms. The Morgan fingerprint density at radius 3 is 2.36 bits per heavy atom. The van der Waals surface area contributed by atoms with Gasteiger partial charge in [-0.15, -0.1) is 0 Å². The Hall–Kier alpha value is 0.220. The normalized spacial score (nSPS) is 8.82. The van der Waals surface area contributed by atoms with Gasteiger partial charge in [-0.25, -0.2) is 0 Å². The average molecular weight is 224 g/mol. The van der Waals surface area contributed by atoms with Gasteiger partial charge in [0.15, 0.2) is 0 Å². The average Bonchev–Trinajstić information content (AvgIpc) is 1.82. The van der Waals surface area contributed by atoms with E-state index in [-0.39, 0.29) is 0 Å². The molecule has 0 rings (SSSR count). The molecule has 0 radical (unpaired) electrons. The van der Waals surface area contributed by atoms with Crippen LogP contribution in [0.15, 0.2) is 12.3 Å². The van der Waals surface area contributed by atoms with Crippen LogP contribution in [0.25, 0.3) is 0 Å². The lowest BCUT2D eigenvalue weighted by atomic mass is 10.6. The number of nitrogens with two attached hydrogens (primary N) is 1. The third kappa shape index (κ3) is 8.12. The van der Waals surface area contributed by atoms with Gasteiger partial charge >= 0.3 is 0 Å². The van der Waals surface area contributed by atoms with Crippen molar-refractivity contribution in [3.8, 4) is 0 Å². The van der Waals surface area contributed by atoms with Gasteiger partial charge in [-0.1, -0.05) is 31.0 Å². The molecule has 0 fully saturated rings. The lowest BCUT2D eigenvalue weighted by molar-refractivity contribution is 1.17. The van der Waals surface area contributed by atoms with Crippen molar-refractivity contribution in [1.29, 1.82) is 0 Å². The van der Waals surface area contributed by atoms with Crippen molar-refractivity contribution in [1.82, 2.24) is 5.32 Å². The molecule has 0 amide bonds. The summed E-state index contributed by atoms with van der Waals surface area (Å²) in [6, 6.07) is 0. The van der Waals surface area contributed by atoms with Gasteiger partial charge in [0.05, 0.1) is 0 Å². The molecule has 0 bridgehead atoms. The predicted molar refractivity (Wildman–Crippen MR) is 62.5 cm³/mol. The zero-order chi connectivity index (χ0) is 8.85. The third-order valence-electron chi connectivity index (χ3n) is 0.515. The highest BCUT2D eigenvalue weighted by molar-refractivity contribution is 8.89. The summed E-state index contributed by atoms with van der Waals surface area (Å²) in [6.45, 7) is 5.47. The molecule has 0 aromatic heterocycles. The van der Waals surface area contributed by atoms with Crippen LogP contribution in [0.1, 0.15) is 6.92 Å². The Morgan fingerprint density at radius 1 is 1.45 bits per heavy atom. The highest BCUT2D eigenvalue weighted by atomic mass is 33.1. The molecule has 3 N–H and O–H groups in total. The Labute approximate surface area is 84.8 Å². The molecule has 0 aromatic carbocycles. The van der Waals surface area contributed by atoms with Crippen LogP contribution < -0.4 is 11.1 Å². The maximum atomic E-state index is 5.24. The van der Waals surface area contributed by atoms with Crippen molar-refractivity contribution in [2.75, 3.05) is 0 Å². The summed E-state index contributed by atoms with van der Waals surface area (Å²) in [6.07, 6.45) is 0. The highest BCUT2D eigenvalue weighted by Crippen LogP contribution is 2.21. The molecule has 0 saturated heterocycles. The second-order valence-corrected chi connectivity index (χ2v) is 5.22. The summed E-state index contributed by atoms with van der Waals surface area (Å²) < 4.78 is 0.996. The van der Waals surface area contributed by atoms with Crippen LogP contribution in [0.4, 0.5) is 0 Å². The van der Waals surface area contributed by atoms with Gasteiger partial charge in [0.2, 0.25) is 0 Å². The minimum atomic E-state index is 0.376. The van der Waals surface area contributed by atoms with Crippen LogP contribution in [0.3, 0.4) is 0 Å². The van der Waals surface area contributed by atoms with Gasteiger partial charge in [0.25, 0.3) is 0 Å². The van der Waals surface area contributed by atoms with Crippen LogP contribution in [0.5, 0.6) is 0 Å². The molecule has 0 aliphatic heterocycles. The van der Waals surface area contributed by atoms with Crippen molar-refractivity contribution < 1.29 is 0 Å². The minimum absolute atomic E-state index is 0.376. The molecule has 0 aliphatic carbocycles. The molecule has 62 valence electrons. The van der Waals surface area contributed by atoms with Gasteiger partial charge in [-0.05, 0) is 28.5 Å². The first kappa shape index (κ1) is 11.2. The number of allylic oxidation sites excluding steroid dienone is 1. The van der Waals surface area contributed by atoms with E-state index in [0.29, 0.717) is 8.64 Å². The molecule has 2 nitrogen and oxygen atoms in total. The van der Waals surface area contributed by atoms with Crippen molar-refractivity contribution in [3.05, 3.63) is 12.3 Å². The first-order chi connectivity index (χ1) is 5.02. The maximum absolute atomic E-state index is 5.24. The fourth-order valence-corrected chi connectivity index (χ4v) is 2.03. The topological polar surface area (TPSA) is 38.0 Å². The molecule has 6 heteroatoms. The van der Waals surface area contributed by atoms with Crippen LogP contribution >= 0.6 is 46.0 Å². The fourth-order valence-electron chi connectivity index (χ4n) is 0.274. The van der Waals surface area contributed by atoms with Crippen molar-refractivity contribution in [2.45, 2.75) is 6.92 Å². The lowest BCUT2D eigenvalue weighted by Gasteiger charge is -2.03. The number of hydrogen-bond donors (Lipinski definition) is 2. The standard InChI is InChI=1S/C5H8N2S4/c1-3(2)7-5(9)11-10-4(6)8/h1H2,2H3,(H2,6,8)(H,7,9). The first-order valence-electron chi connectivity index (χ1n) is 2.63. The van der Waals surface area contributed by atoms with E-state index in [9.17, 15) is 0 Å². The highest BCUT2D eigenvalue weighted by Gasteiger charge is 1.98. The van der Waals surface area contributed by atoms with E-state index in [1.54, 1.807) is 0 Å². The van der Waals surface area contributed by atoms with Crippen LogP contribution in [-0.4, -0.2) is 8.64 Å². The molecule has 0 heterocycles. The van der Waals surface area contributed by atoms with Gasteiger partial charge < -0.3 is 11.1 Å². The van der Waals surface area contributed by atoms with Gasteiger partial charge in [0.1, 0.15) is 8.64 Å². The van der Waals surface area contributed by atoms with Crippen LogP contribution in [0.2, 0.25) is 0 Å². The molecule has 0 saturated carbocycles. The van der Waals surface area contributed by atoms with E-state index >= 15 is 0 Å². The molecule has 0 unspecified atom stereocenters. The monoisotopic (exact) mass is 224 g/mol. The summed E-state index contributed by atoms with van der Waals surface area (Å²) in [5.41, 5.74) is 6.05. The lowest BCUT2D eigenvalue weighted by Crippen LogP contribution is -2.14. The summed E-state index contributed by atoms with van der Waals surface area (Å²) in [4.78, 5) is 0. The molecule has 0 atom stereocenters. The fraction of sp³-hybridized carbons (Fsp3) is 0.200. The Bertz CT molecular complexity index is 189. The van der Waals surface area contributed by atoms with E-state index in [1.165, 1.54) is 21.6 Å². The Kier molecular flexibility index (Phi) is 5.93. The Morgan fingerprint density at radius 2 is 2.00 bits per heavy atom. The molecule has 0 aromatic rings. The van der Waals surface area contributed by atoms with E-state index in [2.05, 4.69) is 24.1 Å². The van der Waals surface area contributed by atoms with E-state index in [1.807, 2.05) is 6.92 Å². The van der Waals surface area contributed by atoms with Crippen molar-refractivity contribution in [2.24, 2.45) is 5.73 Å². The number of rotatable bonds is 1. The largest absolute Gasteiger partial charge is 0.384 e. The molecule has 0 aliphatic rings. The van der Waals surface area contributed by atoms with Gasteiger partial charge in [-0.2, -0.15) is 0 Å². The third-order valence-corrected chi connectivity index (χ3v) is 3.54. The van der Waals surface area contributed by atoms with Gasteiger partial charge in [0, 0.05) is 5.70 Å². The SMILES string of the molecule is C=C(C)NC(=S)SSC(N)=S. The van der Waals surface area contributed by atoms with E-state index in [4.69, 9.17) is 18.0 Å². The number of nitrogens with one attached hydrogen (secondary N) is 1. The molecular weight excluding hydrogens is 216 g/mol. The zero-order valence-electron chi connectivity index (χ0n) is 5.92. The summed E-state index contributed by atoms with van der Waals surface area (Å²) in [5, 5.41) is 2.86. The second kappa shape index (κ2) is 5.82. The van der Waals surface area contributed by atoms with Crippen LogP contribution in [0, 0.1) is 0 Å². The predicted octanol–water partition coefficient (Wildman–Crippen LogP) is 2.02.